The Morgan fingerprint density at radius 3 is 2.36 bits per heavy atom. The molecule has 0 bridgehead atoms. The molecule has 7 heteroatoms. The molecule has 222 valence electrons. The number of ether oxygens (including phenoxy) is 2. The maximum absolute atomic E-state index is 12.9. The van der Waals surface area contributed by atoms with Gasteiger partial charge >= 0.3 is 5.97 Å². The van der Waals surface area contributed by atoms with E-state index in [1.165, 1.54) is 0 Å². The number of allylic oxidation sites excluding steroid dienone is 4. The second-order valence-electron chi connectivity index (χ2n) is 11.9. The number of cyclic esters (lactones) is 1. The molecule has 0 saturated carbocycles. The van der Waals surface area contributed by atoms with E-state index in [9.17, 15) is 25.2 Å². The van der Waals surface area contributed by atoms with Gasteiger partial charge in [0.2, 0.25) is 0 Å². The lowest BCUT2D eigenvalue weighted by Crippen LogP contribution is -2.38. The number of esters is 1. The number of aliphatic hydroxyl groups is 4. The lowest BCUT2D eigenvalue weighted by Gasteiger charge is -2.29. The highest BCUT2D eigenvalue weighted by Gasteiger charge is 2.45. The van der Waals surface area contributed by atoms with Crippen molar-refractivity contribution in [1.29, 1.82) is 0 Å². The van der Waals surface area contributed by atoms with Crippen molar-refractivity contribution in [3.8, 4) is 0 Å². The van der Waals surface area contributed by atoms with E-state index < -0.39 is 24.4 Å². The normalized spacial score (nSPS) is 35.3. The lowest BCUT2D eigenvalue weighted by molar-refractivity contribution is -0.146. The summed E-state index contributed by atoms with van der Waals surface area (Å²) < 4.78 is 11.7. The average Bonchev–Trinajstić information content (AvgIpc) is 3.66. The van der Waals surface area contributed by atoms with Crippen LogP contribution in [0.5, 0.6) is 0 Å². The third kappa shape index (κ3) is 10.6. The number of carbonyl (C=O) groups excluding carboxylic acids is 1. The highest BCUT2D eigenvalue weighted by Crippen LogP contribution is 2.33. The number of rotatable bonds is 9. The highest BCUT2D eigenvalue weighted by atomic mass is 16.6. The second kappa shape index (κ2) is 15.9. The van der Waals surface area contributed by atoms with Crippen LogP contribution in [0.4, 0.5) is 0 Å². The first-order valence-electron chi connectivity index (χ1n) is 14.6. The van der Waals surface area contributed by atoms with E-state index in [0.29, 0.717) is 24.8 Å². The van der Waals surface area contributed by atoms with Crippen LogP contribution in [0.15, 0.2) is 47.6 Å². The molecule has 2 aliphatic heterocycles. The van der Waals surface area contributed by atoms with Crippen molar-refractivity contribution in [1.82, 2.24) is 0 Å². The summed E-state index contributed by atoms with van der Waals surface area (Å²) in [4.78, 5) is 12.9. The third-order valence-electron chi connectivity index (χ3n) is 8.33. The summed E-state index contributed by atoms with van der Waals surface area (Å²) in [6, 6.07) is 0. The summed E-state index contributed by atoms with van der Waals surface area (Å²) in [5.41, 5.74) is 1.41. The SMILES string of the molecule is CC1=C/[C@@H](C)[C@H](O)[C@@H]2O[C@H]2CC/C=C/C[C@@H]([C@@H](C)C/C=C/C[C@H](O)[C@@H](C)[C@@H](O)[C@H](C)[C@H](C)O)OC(=O)/C(C)=C\1. The molecule has 7 nitrogen and oxygen atoms in total. The smallest absolute Gasteiger partial charge is 0.334 e. The topological polar surface area (TPSA) is 120 Å². The summed E-state index contributed by atoms with van der Waals surface area (Å²) in [7, 11) is 0. The van der Waals surface area contributed by atoms with E-state index in [1.54, 1.807) is 33.8 Å². The van der Waals surface area contributed by atoms with E-state index >= 15 is 0 Å². The Labute approximate surface area is 235 Å². The molecule has 0 radical (unpaired) electrons. The minimum Gasteiger partial charge on any atom is -0.458 e. The molecule has 39 heavy (non-hydrogen) atoms. The number of aliphatic hydroxyl groups excluding tert-OH is 4. The molecule has 1 saturated heterocycles. The fourth-order valence-electron chi connectivity index (χ4n) is 5.09. The van der Waals surface area contributed by atoms with Crippen LogP contribution in [-0.2, 0) is 14.3 Å². The van der Waals surface area contributed by atoms with Gasteiger partial charge in [-0.3, -0.25) is 0 Å². The van der Waals surface area contributed by atoms with Gasteiger partial charge in [-0.15, -0.1) is 0 Å². The molecular formula is C32H52O7. The van der Waals surface area contributed by atoms with Gasteiger partial charge in [-0.2, -0.15) is 0 Å². The van der Waals surface area contributed by atoms with Crippen molar-refractivity contribution >= 4 is 5.97 Å². The van der Waals surface area contributed by atoms with Gasteiger partial charge in [0.05, 0.1) is 30.5 Å². The first kappa shape index (κ1) is 33.4. The van der Waals surface area contributed by atoms with Gasteiger partial charge in [0.25, 0.3) is 0 Å². The van der Waals surface area contributed by atoms with Crippen molar-refractivity contribution < 1.29 is 34.7 Å². The van der Waals surface area contributed by atoms with Crippen LogP contribution >= 0.6 is 0 Å². The van der Waals surface area contributed by atoms with Gasteiger partial charge in [0, 0.05) is 29.7 Å². The minimum absolute atomic E-state index is 0.0555. The standard InChI is InChI=1S/C32H52O7/c1-19-17-21(3)29(35)31-28(38-31)16-10-8-9-15-27(39-32(37)22(4)18-19)20(2)13-11-12-14-26(34)24(6)30(36)23(5)25(7)33/h8-9,11-12,17-18,20-21,23-31,33-36H,10,13-16H2,1-7H3/b9-8+,12-11+,19-17-,22-18-/t20-,21+,23+,24+,25-,26-,27-,28-,29-,30-,31+/m0/s1. The molecule has 0 aromatic heterocycles. The van der Waals surface area contributed by atoms with E-state index in [1.807, 2.05) is 32.1 Å². The maximum atomic E-state index is 12.9. The molecule has 4 N–H and O–H groups in total. The van der Waals surface area contributed by atoms with Crippen LogP contribution in [0.1, 0.15) is 80.6 Å². The van der Waals surface area contributed by atoms with Crippen LogP contribution in [0.25, 0.3) is 0 Å². The predicted octanol–water partition coefficient (Wildman–Crippen LogP) is 4.64. The highest BCUT2D eigenvalue weighted by molar-refractivity contribution is 5.88. The molecule has 0 aliphatic carbocycles. The van der Waals surface area contributed by atoms with Crippen molar-refractivity contribution in [2.75, 3.05) is 0 Å². The Balaban J connectivity index is 2.03. The maximum Gasteiger partial charge on any atom is 0.334 e. The minimum atomic E-state index is -0.794. The Bertz CT molecular complexity index is 889. The van der Waals surface area contributed by atoms with Crippen molar-refractivity contribution in [2.45, 2.75) is 123 Å². The van der Waals surface area contributed by atoms with Crippen molar-refractivity contribution in [2.24, 2.45) is 23.7 Å². The summed E-state index contributed by atoms with van der Waals surface area (Å²) in [6.07, 6.45) is 12.1. The fraction of sp³-hybridized carbons (Fsp3) is 0.719. The fourth-order valence-corrected chi connectivity index (χ4v) is 5.09. The van der Waals surface area contributed by atoms with Crippen LogP contribution in [-0.4, -0.2) is 69.1 Å². The molecule has 1 fully saturated rings. The molecule has 0 aromatic carbocycles. The number of epoxide rings is 1. The number of fused-ring (bicyclic) bond motifs is 1. The average molecular weight is 549 g/mol. The molecular weight excluding hydrogens is 496 g/mol. The number of hydrogen-bond donors (Lipinski definition) is 4. The molecule has 11 atom stereocenters. The largest absolute Gasteiger partial charge is 0.458 e. The van der Waals surface area contributed by atoms with Gasteiger partial charge in [0.15, 0.2) is 0 Å². The molecule has 0 spiro atoms. The summed E-state index contributed by atoms with van der Waals surface area (Å²) in [5, 5.41) is 41.3. The van der Waals surface area contributed by atoms with Crippen LogP contribution in [0, 0.1) is 23.7 Å². The summed E-state index contributed by atoms with van der Waals surface area (Å²) in [6.45, 7) is 12.9. The van der Waals surface area contributed by atoms with Crippen LogP contribution in [0.2, 0.25) is 0 Å². The third-order valence-corrected chi connectivity index (χ3v) is 8.33. The van der Waals surface area contributed by atoms with Crippen molar-refractivity contribution in [3.63, 3.8) is 0 Å². The molecule has 0 unspecified atom stereocenters. The molecule has 2 heterocycles. The second-order valence-corrected chi connectivity index (χ2v) is 11.9. The number of carbonyl (C=O) groups is 1. The zero-order chi connectivity index (χ0) is 29.3. The zero-order valence-electron chi connectivity index (χ0n) is 24.9. The van der Waals surface area contributed by atoms with Gasteiger partial charge in [0.1, 0.15) is 12.2 Å². The van der Waals surface area contributed by atoms with Crippen molar-refractivity contribution in [3.05, 3.63) is 47.6 Å². The quantitative estimate of drug-likeness (QED) is 0.188. The van der Waals surface area contributed by atoms with Gasteiger partial charge in [-0.05, 0) is 58.4 Å². The van der Waals surface area contributed by atoms with Gasteiger partial charge in [-0.25, -0.2) is 4.79 Å². The van der Waals surface area contributed by atoms with E-state index in [2.05, 4.69) is 19.1 Å². The first-order valence-corrected chi connectivity index (χ1v) is 14.6. The monoisotopic (exact) mass is 548 g/mol. The molecule has 0 aromatic rings. The van der Waals surface area contributed by atoms with E-state index in [0.717, 1.165) is 18.4 Å². The number of hydrogen-bond acceptors (Lipinski definition) is 7. The Morgan fingerprint density at radius 2 is 1.69 bits per heavy atom. The van der Waals surface area contributed by atoms with Crippen LogP contribution in [0.3, 0.4) is 0 Å². The van der Waals surface area contributed by atoms with E-state index in [4.69, 9.17) is 9.47 Å². The zero-order valence-corrected chi connectivity index (χ0v) is 24.9. The summed E-state index contributed by atoms with van der Waals surface area (Å²) in [5.74, 6) is -1.08. The van der Waals surface area contributed by atoms with Crippen LogP contribution < -0.4 is 0 Å². The first-order chi connectivity index (χ1) is 18.3. The summed E-state index contributed by atoms with van der Waals surface area (Å²) >= 11 is 0. The van der Waals surface area contributed by atoms with E-state index in [-0.39, 0.29) is 48.0 Å². The predicted molar refractivity (Wildman–Crippen MR) is 154 cm³/mol. The molecule has 0 amide bonds. The van der Waals surface area contributed by atoms with Gasteiger partial charge < -0.3 is 29.9 Å². The Kier molecular flexibility index (Phi) is 13.6. The van der Waals surface area contributed by atoms with Gasteiger partial charge in [-0.1, -0.05) is 63.6 Å². The Morgan fingerprint density at radius 1 is 1.03 bits per heavy atom. The molecule has 2 aliphatic rings. The molecule has 2 rings (SSSR count). The lowest BCUT2D eigenvalue weighted by atomic mass is 9.85. The Hall–Kier alpha value is -1.77.